The number of carbonyl (C=O) groups is 4. The quantitative estimate of drug-likeness (QED) is 0.306. The monoisotopic (exact) mass is 364 g/mol. The van der Waals surface area contributed by atoms with Gasteiger partial charge in [-0.2, -0.15) is 0 Å². The van der Waals surface area contributed by atoms with Crippen molar-refractivity contribution in [1.82, 2.24) is 10.2 Å². The van der Waals surface area contributed by atoms with Crippen molar-refractivity contribution in [2.45, 2.75) is 64.9 Å². The van der Waals surface area contributed by atoms with Crippen molar-refractivity contribution in [3.05, 3.63) is 12.2 Å². The second-order valence-electron chi connectivity index (χ2n) is 7.92. The van der Waals surface area contributed by atoms with Crippen molar-refractivity contribution in [3.63, 3.8) is 0 Å². The lowest BCUT2D eigenvalue weighted by atomic mass is 9.68. The summed E-state index contributed by atoms with van der Waals surface area (Å²) in [7, 11) is 0. The highest BCUT2D eigenvalue weighted by Crippen LogP contribution is 2.43. The van der Waals surface area contributed by atoms with Crippen molar-refractivity contribution < 1.29 is 23.9 Å². The molecule has 1 fully saturated rings. The van der Waals surface area contributed by atoms with Crippen LogP contribution in [0.3, 0.4) is 0 Å². The molecular weight excluding hydrogens is 336 g/mol. The molecule has 0 aromatic heterocycles. The second kappa shape index (κ2) is 8.01. The van der Waals surface area contributed by atoms with Crippen LogP contribution in [0.4, 0.5) is 0 Å². The van der Waals surface area contributed by atoms with E-state index in [1.807, 2.05) is 0 Å². The van der Waals surface area contributed by atoms with Crippen LogP contribution < -0.4 is 5.32 Å². The van der Waals surface area contributed by atoms with Gasteiger partial charge in [0.1, 0.15) is 11.0 Å². The number of esters is 1. The summed E-state index contributed by atoms with van der Waals surface area (Å²) < 4.78 is 5.41. The maximum Gasteiger partial charge on any atom is 0.322 e. The minimum Gasteiger partial charge on any atom is -0.459 e. The molecule has 0 aromatic rings. The minimum absolute atomic E-state index is 0.257. The van der Waals surface area contributed by atoms with Crippen LogP contribution in [-0.2, 0) is 23.9 Å². The van der Waals surface area contributed by atoms with E-state index in [-0.39, 0.29) is 17.7 Å². The maximum atomic E-state index is 12.5. The summed E-state index contributed by atoms with van der Waals surface area (Å²) in [5.41, 5.74) is -1.65. The molecule has 1 aliphatic heterocycles. The van der Waals surface area contributed by atoms with E-state index in [1.165, 1.54) is 17.1 Å². The standard InChI is InChI=1S/C19H28N2O5/c1-18(2,3)26-17(25)19(10-7-11-19)16(24)20-12-5-4-6-13-21-14(22)8-9-15(21)23/h8-9H,4-7,10-13H2,1-3H3,(H,20,24). The van der Waals surface area contributed by atoms with Crippen LogP contribution in [0.15, 0.2) is 12.2 Å². The first-order chi connectivity index (χ1) is 12.2. The number of imide groups is 1. The van der Waals surface area contributed by atoms with E-state index >= 15 is 0 Å². The molecule has 0 bridgehead atoms. The van der Waals surface area contributed by atoms with Gasteiger partial charge in [-0.15, -0.1) is 0 Å². The molecule has 1 aliphatic carbocycles. The molecule has 1 heterocycles. The summed E-state index contributed by atoms with van der Waals surface area (Å²) in [4.78, 5) is 48.9. The molecule has 0 radical (unpaired) electrons. The fourth-order valence-electron chi connectivity index (χ4n) is 3.02. The smallest absolute Gasteiger partial charge is 0.322 e. The number of rotatable bonds is 8. The number of unbranched alkanes of at least 4 members (excludes halogenated alkanes) is 2. The molecule has 26 heavy (non-hydrogen) atoms. The van der Waals surface area contributed by atoms with Gasteiger partial charge in [0.15, 0.2) is 0 Å². The minimum atomic E-state index is -1.03. The predicted molar refractivity (Wildman–Crippen MR) is 94.8 cm³/mol. The molecule has 7 nitrogen and oxygen atoms in total. The predicted octanol–water partition coefficient (Wildman–Crippen LogP) is 1.71. The SMILES string of the molecule is CC(C)(C)OC(=O)C1(C(=O)NCCCCCN2C(=O)C=CC2=O)CCC1. The van der Waals surface area contributed by atoms with Crippen molar-refractivity contribution in [2.75, 3.05) is 13.1 Å². The van der Waals surface area contributed by atoms with Crippen LogP contribution in [0.5, 0.6) is 0 Å². The fourth-order valence-corrected chi connectivity index (χ4v) is 3.02. The molecule has 144 valence electrons. The average molecular weight is 364 g/mol. The first-order valence-electron chi connectivity index (χ1n) is 9.21. The normalized spacial score (nSPS) is 18.7. The topological polar surface area (TPSA) is 92.8 Å². The average Bonchev–Trinajstić information content (AvgIpc) is 2.79. The highest BCUT2D eigenvalue weighted by Gasteiger charge is 2.52. The maximum absolute atomic E-state index is 12.5. The van der Waals surface area contributed by atoms with Crippen LogP contribution in [0.1, 0.15) is 59.3 Å². The van der Waals surface area contributed by atoms with Crippen LogP contribution in [0.25, 0.3) is 0 Å². The number of amides is 3. The molecule has 3 amide bonds. The molecule has 1 N–H and O–H groups in total. The molecular formula is C19H28N2O5. The summed E-state index contributed by atoms with van der Waals surface area (Å²) in [6.45, 7) is 6.23. The Morgan fingerprint density at radius 2 is 1.73 bits per heavy atom. The Morgan fingerprint density at radius 3 is 2.23 bits per heavy atom. The lowest BCUT2D eigenvalue weighted by Gasteiger charge is -2.39. The van der Waals surface area contributed by atoms with Crippen molar-refractivity contribution >= 4 is 23.7 Å². The number of hydrogen-bond acceptors (Lipinski definition) is 5. The summed E-state index contributed by atoms with van der Waals surface area (Å²) >= 11 is 0. The first-order valence-corrected chi connectivity index (χ1v) is 9.21. The lowest BCUT2D eigenvalue weighted by Crippen LogP contribution is -2.53. The number of carbonyl (C=O) groups excluding carboxylic acids is 4. The Bertz CT molecular complexity index is 596. The molecule has 0 spiro atoms. The molecule has 0 saturated heterocycles. The van der Waals surface area contributed by atoms with Gasteiger partial charge in [-0.1, -0.05) is 6.42 Å². The zero-order valence-electron chi connectivity index (χ0n) is 15.8. The molecule has 7 heteroatoms. The van der Waals surface area contributed by atoms with Crippen molar-refractivity contribution in [3.8, 4) is 0 Å². The van der Waals surface area contributed by atoms with E-state index in [9.17, 15) is 19.2 Å². The summed E-state index contributed by atoms with van der Waals surface area (Å²) in [6.07, 6.45) is 6.63. The Morgan fingerprint density at radius 1 is 1.12 bits per heavy atom. The Labute approximate surface area is 154 Å². The van der Waals surface area contributed by atoms with Crippen molar-refractivity contribution in [2.24, 2.45) is 5.41 Å². The lowest BCUT2D eigenvalue weighted by molar-refractivity contribution is -0.177. The molecule has 1 saturated carbocycles. The van der Waals surface area contributed by atoms with Gasteiger partial charge in [-0.25, -0.2) is 0 Å². The molecule has 2 rings (SSSR count). The molecule has 0 unspecified atom stereocenters. The summed E-state index contributed by atoms with van der Waals surface area (Å²) in [6, 6.07) is 0. The van der Waals surface area contributed by atoms with Gasteiger partial charge in [0.2, 0.25) is 5.91 Å². The van der Waals surface area contributed by atoms with Crippen LogP contribution in [0.2, 0.25) is 0 Å². The van der Waals surface area contributed by atoms with Gasteiger partial charge >= 0.3 is 5.97 Å². The van der Waals surface area contributed by atoms with Crippen LogP contribution in [-0.4, -0.2) is 47.3 Å². The van der Waals surface area contributed by atoms with Gasteiger partial charge < -0.3 is 10.1 Å². The van der Waals surface area contributed by atoms with E-state index < -0.39 is 17.0 Å². The zero-order valence-corrected chi connectivity index (χ0v) is 15.8. The molecule has 0 atom stereocenters. The molecule has 0 aromatic carbocycles. The number of hydrogen-bond donors (Lipinski definition) is 1. The number of ether oxygens (including phenoxy) is 1. The Hall–Kier alpha value is -2.18. The first kappa shape index (κ1) is 20.1. The summed E-state index contributed by atoms with van der Waals surface area (Å²) in [5.74, 6) is -1.24. The van der Waals surface area contributed by atoms with Gasteiger partial charge in [-0.3, -0.25) is 24.1 Å². The van der Waals surface area contributed by atoms with Crippen molar-refractivity contribution in [1.29, 1.82) is 0 Å². The van der Waals surface area contributed by atoms with Gasteiger partial charge in [0.05, 0.1) is 0 Å². The van der Waals surface area contributed by atoms with E-state index in [0.717, 1.165) is 19.3 Å². The molecule has 2 aliphatic rings. The second-order valence-corrected chi connectivity index (χ2v) is 7.92. The number of nitrogens with one attached hydrogen (secondary N) is 1. The van der Waals surface area contributed by atoms with Gasteiger partial charge in [0, 0.05) is 25.2 Å². The van der Waals surface area contributed by atoms with Crippen LogP contribution >= 0.6 is 0 Å². The van der Waals surface area contributed by atoms with Crippen LogP contribution in [0, 0.1) is 5.41 Å². The summed E-state index contributed by atoms with van der Waals surface area (Å²) in [5, 5.41) is 2.84. The van der Waals surface area contributed by atoms with Gasteiger partial charge in [0.25, 0.3) is 11.8 Å². The third-order valence-corrected chi connectivity index (χ3v) is 4.68. The van der Waals surface area contributed by atoms with E-state index in [4.69, 9.17) is 4.74 Å². The number of nitrogens with zero attached hydrogens (tertiary/aromatic N) is 1. The largest absolute Gasteiger partial charge is 0.459 e. The van der Waals surface area contributed by atoms with E-state index in [2.05, 4.69) is 5.32 Å². The highest BCUT2D eigenvalue weighted by molar-refractivity contribution is 6.12. The van der Waals surface area contributed by atoms with E-state index in [0.29, 0.717) is 32.4 Å². The Balaban J connectivity index is 1.68. The highest BCUT2D eigenvalue weighted by atomic mass is 16.6. The third-order valence-electron chi connectivity index (χ3n) is 4.68. The fraction of sp³-hybridized carbons (Fsp3) is 0.684. The zero-order chi connectivity index (χ0) is 19.4. The van der Waals surface area contributed by atoms with E-state index in [1.54, 1.807) is 20.8 Å². The van der Waals surface area contributed by atoms with Gasteiger partial charge in [-0.05, 0) is 52.9 Å². The third kappa shape index (κ3) is 4.71. The Kier molecular flexibility index (Phi) is 6.21.